The molecular weight excluding hydrogens is 380 g/mol. The topological polar surface area (TPSA) is 52.0 Å². The van der Waals surface area contributed by atoms with E-state index in [0.717, 1.165) is 27.2 Å². The second-order valence-corrected chi connectivity index (χ2v) is 8.76. The van der Waals surface area contributed by atoms with Gasteiger partial charge in [0.25, 0.3) is 10.0 Å². The summed E-state index contributed by atoms with van der Waals surface area (Å²) in [6, 6.07) is 26.2. The Morgan fingerprint density at radius 3 is 2.10 bits per heavy atom. The average molecular weight is 403 g/mol. The summed E-state index contributed by atoms with van der Waals surface area (Å²) in [5.41, 5.74) is 5.06. The van der Waals surface area contributed by atoms with Crippen molar-refractivity contribution in [1.29, 1.82) is 0 Å². The summed E-state index contributed by atoms with van der Waals surface area (Å²) >= 11 is 0. The van der Waals surface area contributed by atoms with Crippen LogP contribution in [0.1, 0.15) is 18.1 Å². The van der Waals surface area contributed by atoms with Gasteiger partial charge >= 0.3 is 0 Å². The van der Waals surface area contributed by atoms with Gasteiger partial charge in [0, 0.05) is 11.1 Å². The maximum Gasteiger partial charge on any atom is 0.283 e. The van der Waals surface area contributed by atoms with Gasteiger partial charge in [0.15, 0.2) is 0 Å². The molecule has 29 heavy (non-hydrogen) atoms. The summed E-state index contributed by atoms with van der Waals surface area (Å²) in [6.45, 7) is 4.02. The molecule has 0 fully saturated rings. The molecule has 0 aliphatic heterocycles. The van der Waals surface area contributed by atoms with Crippen molar-refractivity contribution in [3.05, 3.63) is 96.1 Å². The zero-order chi connectivity index (χ0) is 20.4. The van der Waals surface area contributed by atoms with Crippen LogP contribution in [0.4, 0.5) is 0 Å². The summed E-state index contributed by atoms with van der Waals surface area (Å²) in [5, 5.41) is 4.50. The minimum absolute atomic E-state index is 0.220. The summed E-state index contributed by atoms with van der Waals surface area (Å²) in [5.74, 6) is 0. The van der Waals surface area contributed by atoms with Crippen LogP contribution in [-0.4, -0.2) is 17.6 Å². The fourth-order valence-corrected chi connectivity index (χ4v) is 4.51. The molecule has 0 saturated heterocycles. The number of hydrogen-bond donors (Lipinski definition) is 0. The van der Waals surface area contributed by atoms with Crippen molar-refractivity contribution in [2.45, 2.75) is 25.2 Å². The Morgan fingerprint density at radius 2 is 1.48 bits per heavy atom. The molecule has 0 amide bonds. The number of nitrogens with zero attached hydrogens (tertiary/aromatic N) is 2. The van der Waals surface area contributed by atoms with Gasteiger partial charge in [-0.05, 0) is 37.1 Å². The molecule has 146 valence electrons. The van der Waals surface area contributed by atoms with E-state index in [2.05, 4.69) is 12.0 Å². The highest BCUT2D eigenvalue weighted by atomic mass is 32.2. The smallest absolute Gasteiger partial charge is 0.199 e. The third kappa shape index (κ3) is 3.74. The lowest BCUT2D eigenvalue weighted by atomic mass is 10.1. The molecule has 5 heteroatoms. The molecule has 4 rings (SSSR count). The van der Waals surface area contributed by atoms with Crippen molar-refractivity contribution >= 4 is 10.0 Å². The molecule has 3 aromatic carbocycles. The fourth-order valence-electron chi connectivity index (χ4n) is 3.21. The molecule has 0 bridgehead atoms. The summed E-state index contributed by atoms with van der Waals surface area (Å²) < 4.78 is 28.0. The van der Waals surface area contributed by atoms with Gasteiger partial charge in [0.1, 0.15) is 0 Å². The lowest BCUT2D eigenvalue weighted by molar-refractivity contribution is 0.581. The minimum atomic E-state index is -3.83. The predicted molar refractivity (Wildman–Crippen MR) is 116 cm³/mol. The first-order valence-electron chi connectivity index (χ1n) is 9.56. The molecule has 0 spiro atoms. The maximum absolute atomic E-state index is 13.4. The quantitative estimate of drug-likeness (QED) is 0.454. The largest absolute Gasteiger partial charge is 0.283 e. The van der Waals surface area contributed by atoms with Crippen molar-refractivity contribution in [3.63, 3.8) is 0 Å². The first kappa shape index (κ1) is 19.2. The highest BCUT2D eigenvalue weighted by Crippen LogP contribution is 2.29. The van der Waals surface area contributed by atoms with Crippen LogP contribution < -0.4 is 0 Å². The van der Waals surface area contributed by atoms with E-state index in [-0.39, 0.29) is 4.90 Å². The van der Waals surface area contributed by atoms with Crippen LogP contribution in [0.5, 0.6) is 0 Å². The Morgan fingerprint density at radius 1 is 0.828 bits per heavy atom. The van der Waals surface area contributed by atoms with E-state index in [9.17, 15) is 8.42 Å². The lowest BCUT2D eigenvalue weighted by Crippen LogP contribution is -2.16. The van der Waals surface area contributed by atoms with E-state index in [0.29, 0.717) is 11.4 Å². The molecule has 4 nitrogen and oxygen atoms in total. The zero-order valence-corrected chi connectivity index (χ0v) is 17.2. The first-order valence-corrected chi connectivity index (χ1v) is 11.0. The molecule has 1 heterocycles. The standard InChI is InChI=1S/C24H22N2O2S/c1-3-19-11-13-21(14-12-19)24-17-23(20-7-5-4-6-8-20)25-26(24)29(27,28)22-15-9-18(2)10-16-22/h4-17H,3H2,1-2H3. The maximum atomic E-state index is 13.4. The van der Waals surface area contributed by atoms with E-state index in [1.54, 1.807) is 24.3 Å². The average Bonchev–Trinajstić information content (AvgIpc) is 3.21. The van der Waals surface area contributed by atoms with E-state index in [1.807, 2.05) is 67.6 Å². The zero-order valence-electron chi connectivity index (χ0n) is 16.4. The van der Waals surface area contributed by atoms with Crippen LogP contribution in [0.25, 0.3) is 22.5 Å². The third-order valence-corrected chi connectivity index (χ3v) is 6.55. The molecule has 0 aliphatic rings. The van der Waals surface area contributed by atoms with Crippen LogP contribution in [0.2, 0.25) is 0 Å². The van der Waals surface area contributed by atoms with Crippen LogP contribution >= 0.6 is 0 Å². The van der Waals surface area contributed by atoms with Crippen molar-refractivity contribution in [1.82, 2.24) is 9.19 Å². The first-order chi connectivity index (χ1) is 14.0. The monoisotopic (exact) mass is 402 g/mol. The second-order valence-electron chi connectivity index (χ2n) is 6.99. The van der Waals surface area contributed by atoms with Crippen molar-refractivity contribution in [2.24, 2.45) is 0 Å². The molecule has 4 aromatic rings. The molecule has 0 N–H and O–H groups in total. The van der Waals surface area contributed by atoms with Gasteiger partial charge < -0.3 is 0 Å². The molecule has 0 radical (unpaired) electrons. The Hall–Kier alpha value is -3.18. The normalized spacial score (nSPS) is 11.5. The Bertz CT molecular complexity index is 1220. The summed E-state index contributed by atoms with van der Waals surface area (Å²) in [4.78, 5) is 0.220. The van der Waals surface area contributed by atoms with E-state index < -0.39 is 10.0 Å². The highest BCUT2D eigenvalue weighted by Gasteiger charge is 2.24. The number of rotatable bonds is 5. The molecule has 0 atom stereocenters. The van der Waals surface area contributed by atoms with Gasteiger partial charge in [-0.1, -0.05) is 79.2 Å². The number of benzene rings is 3. The molecule has 1 aromatic heterocycles. The predicted octanol–water partition coefficient (Wildman–Crippen LogP) is 5.32. The number of hydrogen-bond acceptors (Lipinski definition) is 3. The van der Waals surface area contributed by atoms with Gasteiger partial charge in [0.2, 0.25) is 0 Å². The van der Waals surface area contributed by atoms with Crippen LogP contribution in [0, 0.1) is 6.92 Å². The molecule has 0 saturated carbocycles. The van der Waals surface area contributed by atoms with E-state index in [1.165, 1.54) is 5.56 Å². The van der Waals surface area contributed by atoms with Gasteiger partial charge in [-0.15, -0.1) is 0 Å². The summed E-state index contributed by atoms with van der Waals surface area (Å²) in [6.07, 6.45) is 0.927. The SMILES string of the molecule is CCc1ccc(-c2cc(-c3ccccc3)nn2S(=O)(=O)c2ccc(C)cc2)cc1. The van der Waals surface area contributed by atoms with Crippen LogP contribution in [0.15, 0.2) is 89.8 Å². The van der Waals surface area contributed by atoms with Crippen molar-refractivity contribution in [3.8, 4) is 22.5 Å². The van der Waals surface area contributed by atoms with Gasteiger partial charge in [-0.3, -0.25) is 0 Å². The highest BCUT2D eigenvalue weighted by molar-refractivity contribution is 7.90. The Kier molecular flexibility index (Phi) is 5.07. The van der Waals surface area contributed by atoms with E-state index in [4.69, 9.17) is 0 Å². The van der Waals surface area contributed by atoms with Crippen molar-refractivity contribution in [2.75, 3.05) is 0 Å². The van der Waals surface area contributed by atoms with Crippen LogP contribution in [-0.2, 0) is 16.4 Å². The third-order valence-electron chi connectivity index (χ3n) is 4.95. The number of aromatic nitrogens is 2. The Labute approximate surface area is 171 Å². The number of aryl methyl sites for hydroxylation is 2. The molecule has 0 unspecified atom stereocenters. The van der Waals surface area contributed by atoms with Gasteiger partial charge in [-0.2, -0.15) is 17.6 Å². The van der Waals surface area contributed by atoms with E-state index >= 15 is 0 Å². The molecular formula is C24H22N2O2S. The molecule has 0 aliphatic carbocycles. The van der Waals surface area contributed by atoms with Gasteiger partial charge in [0.05, 0.1) is 16.3 Å². The van der Waals surface area contributed by atoms with Crippen LogP contribution in [0.3, 0.4) is 0 Å². The second kappa shape index (κ2) is 7.68. The minimum Gasteiger partial charge on any atom is -0.199 e. The Balaban J connectivity index is 1.91. The summed E-state index contributed by atoms with van der Waals surface area (Å²) in [7, 11) is -3.83. The van der Waals surface area contributed by atoms with Gasteiger partial charge in [-0.25, -0.2) is 0 Å². The van der Waals surface area contributed by atoms with Crippen molar-refractivity contribution < 1.29 is 8.42 Å². The lowest BCUT2D eigenvalue weighted by Gasteiger charge is -2.09. The fraction of sp³-hybridized carbons (Fsp3) is 0.125.